The smallest absolute Gasteiger partial charge is 0.373 e. The van der Waals surface area contributed by atoms with Crippen molar-refractivity contribution in [2.45, 2.75) is 173 Å². The fourth-order valence-electron chi connectivity index (χ4n) is 10.2. The summed E-state index contributed by atoms with van der Waals surface area (Å²) in [5, 5.41) is 66.8. The number of phenols is 2. The van der Waals surface area contributed by atoms with Crippen LogP contribution in [0.4, 0.5) is 22.7 Å². The van der Waals surface area contributed by atoms with Crippen LogP contribution in [-0.2, 0) is 46.2 Å². The van der Waals surface area contributed by atoms with Crippen LogP contribution >= 0.6 is 22.6 Å². The number of benzene rings is 6. The number of aromatic hydroxyl groups is 4. The standard InChI is InChI=1S/C19H24N2O5.C17H22N4O4.C13H20N2O.C9H16O4.C8H9NO3.C8H11NO.C6H5NO4.C5H9N.CH3I.CO2/c1-5-7-11-14-20-17(22)15(19(24)26-6-2)18(23)21(14)16-12(3)9-8-10-13(16)25-4;1-4-5-9-12-19-15(22)13(16(23)20-18)17(24)21(12)14-10(2)7-6-8-11(14)25-3;1-4-5-9-12(14)15-13-10(2)7-6-8-11(13)16-3;1-4-7(8(10)12-5-2)9(11)13-6-3;1-6-4-3-5-7(12-2)8(6)9(10)11;1-6-4-3-5-7(10-2)8(6)9;8-4-2-1-3-5(9)6(4)7(10)11;1-2-3-4-5-6;1-2;2-1-3/h8-10,22H,5-7,11H2,1-4H3;6-8,22H,4-5,9,18H2,1-3H3,(H,20,23);6-8H,4-5,9H2,1-3H3,(H2,14,15);7H,4-6H2,1-3H3;3-5H,1-2H3;3-5H,9H2,1-2H3;1-3,8-9H;2-4H2,1H3;1H3;/i4D3;2*3D3;;2*2D3;;;1D3;. The van der Waals surface area contributed by atoms with Gasteiger partial charge in [0.05, 0.1) is 114 Å². The predicted octanol–water partition coefficient (Wildman–Crippen LogP) is 15.0. The van der Waals surface area contributed by atoms with Crippen molar-refractivity contribution in [2.24, 2.45) is 22.5 Å². The Morgan fingerprint density at radius 1 is 0.565 bits per heavy atom. The van der Waals surface area contributed by atoms with Crippen LogP contribution in [0.2, 0.25) is 0 Å². The topological polar surface area (TPSA) is 539 Å². The number of para-hydroxylation sites is 6. The monoisotopic (exact) mass is 1860 g/mol. The second-order valence-corrected chi connectivity index (χ2v) is 25.0. The molecule has 0 spiro atoms. The summed E-state index contributed by atoms with van der Waals surface area (Å²) in [7, 11) is -13.1. The third-order valence-electron chi connectivity index (χ3n) is 16.3. The highest BCUT2D eigenvalue weighted by atomic mass is 127. The fourth-order valence-corrected chi connectivity index (χ4v) is 10.2. The first-order valence-corrected chi connectivity index (χ1v) is 39.0. The van der Waals surface area contributed by atoms with Crippen LogP contribution < -0.4 is 57.5 Å². The maximum Gasteiger partial charge on any atom is 0.373 e. The van der Waals surface area contributed by atoms with Crippen LogP contribution in [0.15, 0.2) is 124 Å². The lowest BCUT2D eigenvalue weighted by Gasteiger charge is -2.18. The average Bonchev–Trinajstić information content (AvgIpc) is 0.762. The van der Waals surface area contributed by atoms with E-state index in [-0.39, 0.29) is 83.4 Å². The quantitative estimate of drug-likeness (QED) is 0.00172. The molecule has 36 nitrogen and oxygen atoms in total. The van der Waals surface area contributed by atoms with Gasteiger partial charge in [0.15, 0.2) is 34.3 Å². The van der Waals surface area contributed by atoms with E-state index >= 15 is 0 Å². The molecular weight excluding hydrogens is 1720 g/mol. The number of aliphatic imine (C=N–C) groups is 1. The number of hydrogen-bond donors (Lipinski definition) is 8. The minimum Gasteiger partial charge on any atom is -0.502 e. The summed E-state index contributed by atoms with van der Waals surface area (Å²) in [6.07, 6.45) is 9.77. The molecule has 6 aromatic carbocycles. The van der Waals surface area contributed by atoms with Gasteiger partial charge in [0.2, 0.25) is 11.8 Å². The van der Waals surface area contributed by atoms with Gasteiger partial charge >= 0.3 is 35.4 Å². The van der Waals surface area contributed by atoms with E-state index in [1.807, 2.05) is 26.8 Å². The molecular formula is C87H119IN12O24. The third kappa shape index (κ3) is 37.0. The number of ether oxygens (including phenoxy) is 8. The summed E-state index contributed by atoms with van der Waals surface area (Å²) in [5.41, 5.74) is 13.5. The van der Waals surface area contributed by atoms with Crippen molar-refractivity contribution in [1.29, 1.82) is 5.26 Å². The first-order chi connectivity index (χ1) is 65.9. The number of aromatic nitrogens is 4. The molecule has 0 radical (unpaired) electrons. The van der Waals surface area contributed by atoms with Gasteiger partial charge in [-0.05, 0) is 157 Å². The second kappa shape index (κ2) is 63.7. The first kappa shape index (κ1) is 83.1. The number of esters is 3. The lowest BCUT2D eigenvalue weighted by molar-refractivity contribution is -0.386. The molecule has 1 amide bonds. The number of hydrazine groups is 1. The van der Waals surface area contributed by atoms with Crippen molar-refractivity contribution >= 4 is 81.1 Å². The number of aryl methyl sites for hydroxylation is 7. The van der Waals surface area contributed by atoms with E-state index in [2.05, 4.69) is 44.4 Å². The summed E-state index contributed by atoms with van der Waals surface area (Å²) < 4.78 is 167. The number of anilines is 1. The van der Waals surface area contributed by atoms with Gasteiger partial charge in [0.1, 0.15) is 40.3 Å². The number of methoxy groups -OCH3 is 5. The Labute approximate surface area is 761 Å². The number of amidine groups is 1. The molecule has 8 aromatic rings. The number of hydrogen-bond acceptors (Lipinski definition) is 30. The van der Waals surface area contributed by atoms with Crippen molar-refractivity contribution in [3.8, 4) is 69.5 Å². The zero-order valence-corrected chi connectivity index (χ0v) is 73.1. The number of phenolic OH excluding ortho intramolecular Hbond substituents is 2. The van der Waals surface area contributed by atoms with Crippen LogP contribution in [0.1, 0.15) is 211 Å². The zero-order chi connectivity index (χ0) is 110. The molecule has 0 aliphatic rings. The molecule has 678 valence electrons. The largest absolute Gasteiger partial charge is 0.502 e. The van der Waals surface area contributed by atoms with Crippen molar-refractivity contribution in [3.63, 3.8) is 0 Å². The van der Waals surface area contributed by atoms with E-state index in [0.717, 1.165) is 77.3 Å². The summed E-state index contributed by atoms with van der Waals surface area (Å²) in [4.78, 5) is 119. The summed E-state index contributed by atoms with van der Waals surface area (Å²) in [6.45, 7) is 23.8. The van der Waals surface area contributed by atoms with Gasteiger partial charge in [0.25, 0.3) is 17.0 Å². The highest BCUT2D eigenvalue weighted by molar-refractivity contribution is 14.1. The van der Waals surface area contributed by atoms with Gasteiger partial charge in [-0.15, -0.1) is 0 Å². The number of unbranched alkanes of at least 4 members (excludes halogenated alkanes) is 5. The van der Waals surface area contributed by atoms with Crippen LogP contribution in [0, 0.1) is 72.1 Å². The number of halogens is 1. The van der Waals surface area contributed by atoms with Crippen molar-refractivity contribution in [3.05, 3.63) is 201 Å². The van der Waals surface area contributed by atoms with Gasteiger partial charge in [-0.3, -0.25) is 58.8 Å². The maximum atomic E-state index is 13.2. The number of nitrogens with one attached hydrogen (secondary N) is 1. The van der Waals surface area contributed by atoms with Gasteiger partial charge in [0, 0.05) is 35.4 Å². The van der Waals surface area contributed by atoms with Crippen molar-refractivity contribution in [1.82, 2.24) is 24.5 Å². The summed E-state index contributed by atoms with van der Waals surface area (Å²) >= 11 is 1.38. The number of nitro groups is 2. The summed E-state index contributed by atoms with van der Waals surface area (Å²) in [5.74, 6) is -0.293. The Morgan fingerprint density at radius 3 is 1.35 bits per heavy atom. The second-order valence-electron chi connectivity index (χ2n) is 25.0. The maximum absolute atomic E-state index is 13.2. The molecule has 124 heavy (non-hydrogen) atoms. The minimum atomic E-state index is -2.75. The molecule has 8 rings (SSSR count). The van der Waals surface area contributed by atoms with Crippen LogP contribution in [0.25, 0.3) is 11.4 Å². The van der Waals surface area contributed by atoms with Gasteiger partial charge in [-0.25, -0.2) is 15.6 Å². The van der Waals surface area contributed by atoms with E-state index < -0.39 is 131 Å². The molecule has 0 saturated heterocycles. The zero-order valence-electron chi connectivity index (χ0n) is 88.9. The number of carbonyl (C=O) groups is 4. The number of nitriles is 1. The number of amides is 1. The molecule has 0 atom stereocenters. The molecule has 0 unspecified atom stereocenters. The lowest BCUT2D eigenvalue weighted by Crippen LogP contribution is -2.38. The molecule has 37 heteroatoms. The molecule has 0 aliphatic carbocycles. The number of nitrogens with two attached hydrogens (primary N) is 3. The van der Waals surface area contributed by atoms with Crippen molar-refractivity contribution < 1.29 is 122 Å². The van der Waals surface area contributed by atoms with Gasteiger partial charge in [-0.1, -0.05) is 150 Å². The van der Waals surface area contributed by atoms with E-state index in [4.69, 9.17) is 95.5 Å². The van der Waals surface area contributed by atoms with E-state index in [1.165, 1.54) is 72.0 Å². The predicted molar refractivity (Wildman–Crippen MR) is 479 cm³/mol. The number of nitro benzene ring substituents is 2. The molecule has 0 aliphatic heterocycles. The Kier molecular flexibility index (Phi) is 42.7. The molecule has 2 aromatic heterocycles. The Morgan fingerprint density at radius 2 is 0.944 bits per heavy atom. The molecule has 0 fully saturated rings. The Balaban J connectivity index is 0. The lowest BCUT2D eigenvalue weighted by atomic mass is 10.1. The SMILES string of the molecule is CCCCC#N.CCOC(=O)C(CC)C(=O)OCC.O=C=O.O=[N+]([O-])c1c(O)cccc1O.[2H]C([2H])([2H])I.[2H]C([2H])([2H])Oc1cccc(C)c1-n1c(CCCC)nc(O)c(C(=O)NN)c1=O.[2H]C([2H])([2H])Oc1cccc(C)c1-n1c(CCCC)nc(O)c(C(=O)OCC)c1=O.[2H]C([2H])([2H])Oc1cccc(C)c1N.[2H]C([2H])([2H])Oc1cccc(C)c1N=C(N)CCCC.[2H]C([2H])([2H])Oc1cccc(C)c1[N+](=O)[O-]. The number of nitrogen functional groups attached to an aromatic ring is 2. The fraction of sp³-hybridized carbons (Fsp3) is 0.414. The molecule has 11 N–H and O–H groups in total. The number of alkyl halides is 1. The Bertz CT molecular complexity index is 5590. The molecule has 0 bridgehead atoms. The van der Waals surface area contributed by atoms with E-state index in [9.17, 15) is 59.2 Å². The minimum absolute atomic E-state index is 0.00702. The first-order valence-electron chi connectivity index (χ1n) is 47.0. The Hall–Kier alpha value is -13.2. The third-order valence-corrected chi connectivity index (χ3v) is 16.3. The van der Waals surface area contributed by atoms with E-state index in [0.29, 0.717) is 72.4 Å². The average molecular weight is 1860 g/mol. The number of nitrogens with zero attached hydrogens (tertiary/aromatic N) is 8. The van der Waals surface area contributed by atoms with Crippen LogP contribution in [0.5, 0.6) is 52.0 Å². The van der Waals surface area contributed by atoms with Crippen LogP contribution in [0.3, 0.4) is 0 Å². The highest BCUT2D eigenvalue weighted by Gasteiger charge is 2.30. The van der Waals surface area contributed by atoms with Crippen molar-refractivity contribution in [2.75, 3.05) is 65.6 Å². The molecule has 2 heterocycles. The highest BCUT2D eigenvalue weighted by Crippen LogP contribution is 2.36. The number of carbonyl (C=O) groups excluding carboxylic acids is 6. The summed E-state index contributed by atoms with van der Waals surface area (Å²) in [6, 6.07) is 29.5. The molecule has 0 saturated carbocycles. The normalized spacial score (nSPS) is 12.6. The van der Waals surface area contributed by atoms with Gasteiger partial charge in [-0.2, -0.15) is 24.8 Å². The number of rotatable bonds is 29. The van der Waals surface area contributed by atoms with E-state index in [1.54, 1.807) is 102 Å². The van der Waals surface area contributed by atoms with Crippen LogP contribution in [-0.4, -0.2) is 145 Å². The van der Waals surface area contributed by atoms with Gasteiger partial charge < -0.3 is 69.8 Å².